The van der Waals surface area contributed by atoms with E-state index < -0.39 is 0 Å². The Kier molecular flexibility index (Phi) is 5.26. The van der Waals surface area contributed by atoms with Gasteiger partial charge in [-0.25, -0.2) is 4.98 Å². The van der Waals surface area contributed by atoms with Crippen molar-refractivity contribution in [3.63, 3.8) is 0 Å². The van der Waals surface area contributed by atoms with Crippen molar-refractivity contribution >= 4 is 16.6 Å². The molecule has 1 fully saturated rings. The molecular formula is C23H27N3O. The first-order chi connectivity index (χ1) is 13.2. The molecule has 0 saturated carbocycles. The SMILES string of the molecule is COc1cccc2c(NC(CN3CCCC3)c3ccccc3)cc(C)nc12. The molecule has 1 N–H and O–H groups in total. The van der Waals surface area contributed by atoms with Crippen LogP contribution in [0.15, 0.2) is 54.6 Å². The molecule has 4 heteroatoms. The standard InChI is InChI=1S/C23H27N3O/c1-17-15-20(19-11-8-12-22(27-2)23(19)24-17)25-21(16-26-13-6-7-14-26)18-9-4-3-5-10-18/h3-5,8-12,15,21H,6-7,13-14,16H2,1-2H3,(H,24,25). The van der Waals surface area contributed by atoms with Gasteiger partial charge in [0.15, 0.2) is 0 Å². The van der Waals surface area contributed by atoms with Crippen molar-refractivity contribution < 1.29 is 4.74 Å². The third-order valence-corrected chi connectivity index (χ3v) is 5.32. The predicted octanol–water partition coefficient (Wildman–Crippen LogP) is 4.80. The molecule has 140 valence electrons. The lowest BCUT2D eigenvalue weighted by Crippen LogP contribution is -2.29. The maximum Gasteiger partial charge on any atom is 0.145 e. The van der Waals surface area contributed by atoms with Crippen LogP contribution in [0.3, 0.4) is 0 Å². The number of likely N-dealkylation sites (tertiary alicyclic amines) is 1. The number of benzene rings is 2. The van der Waals surface area contributed by atoms with E-state index in [2.05, 4.69) is 52.7 Å². The Morgan fingerprint density at radius 3 is 2.59 bits per heavy atom. The molecule has 1 atom stereocenters. The van der Waals surface area contributed by atoms with Crippen molar-refractivity contribution in [1.82, 2.24) is 9.88 Å². The molecule has 1 aromatic heterocycles. The molecule has 0 spiro atoms. The van der Waals surface area contributed by atoms with Crippen LogP contribution in [0.5, 0.6) is 5.75 Å². The summed E-state index contributed by atoms with van der Waals surface area (Å²) in [4.78, 5) is 7.27. The van der Waals surface area contributed by atoms with E-state index in [1.165, 1.54) is 31.5 Å². The number of nitrogens with one attached hydrogen (secondary N) is 1. The molecule has 1 aliphatic rings. The maximum absolute atomic E-state index is 5.54. The largest absolute Gasteiger partial charge is 0.494 e. The second-order valence-corrected chi connectivity index (χ2v) is 7.28. The molecule has 27 heavy (non-hydrogen) atoms. The summed E-state index contributed by atoms with van der Waals surface area (Å²) >= 11 is 0. The summed E-state index contributed by atoms with van der Waals surface area (Å²) in [6.45, 7) is 5.43. The first-order valence-corrected chi connectivity index (χ1v) is 9.73. The van der Waals surface area contributed by atoms with Gasteiger partial charge in [0, 0.05) is 23.3 Å². The molecule has 3 aromatic rings. The molecule has 0 bridgehead atoms. The number of nitrogens with zero attached hydrogens (tertiary/aromatic N) is 2. The predicted molar refractivity (Wildman–Crippen MR) is 112 cm³/mol. The van der Waals surface area contributed by atoms with Crippen molar-refractivity contribution in [2.24, 2.45) is 0 Å². The van der Waals surface area contributed by atoms with E-state index in [1.807, 2.05) is 19.1 Å². The summed E-state index contributed by atoms with van der Waals surface area (Å²) in [6.07, 6.45) is 2.60. The number of aryl methyl sites for hydroxylation is 1. The van der Waals surface area contributed by atoms with E-state index in [-0.39, 0.29) is 6.04 Å². The van der Waals surface area contributed by atoms with Crippen molar-refractivity contribution in [3.8, 4) is 5.75 Å². The van der Waals surface area contributed by atoms with E-state index in [9.17, 15) is 0 Å². The Morgan fingerprint density at radius 2 is 1.85 bits per heavy atom. The van der Waals surface area contributed by atoms with Crippen LogP contribution in [-0.4, -0.2) is 36.6 Å². The molecule has 1 aliphatic heterocycles. The monoisotopic (exact) mass is 361 g/mol. The minimum absolute atomic E-state index is 0.237. The lowest BCUT2D eigenvalue weighted by atomic mass is 10.0. The second-order valence-electron chi connectivity index (χ2n) is 7.28. The second kappa shape index (κ2) is 7.97. The van der Waals surface area contributed by atoms with Gasteiger partial charge in [0.25, 0.3) is 0 Å². The summed E-state index contributed by atoms with van der Waals surface area (Å²) in [5.74, 6) is 0.815. The Balaban J connectivity index is 1.72. The van der Waals surface area contributed by atoms with Crippen LogP contribution >= 0.6 is 0 Å². The fraction of sp³-hybridized carbons (Fsp3) is 0.348. The van der Waals surface area contributed by atoms with E-state index in [1.54, 1.807) is 7.11 Å². The molecule has 0 radical (unpaired) electrons. The number of para-hydroxylation sites is 1. The lowest BCUT2D eigenvalue weighted by Gasteiger charge is -2.26. The number of methoxy groups -OCH3 is 1. The van der Waals surface area contributed by atoms with Gasteiger partial charge in [-0.3, -0.25) is 0 Å². The fourth-order valence-electron chi connectivity index (χ4n) is 3.97. The molecule has 2 heterocycles. The maximum atomic E-state index is 5.54. The summed E-state index contributed by atoms with van der Waals surface area (Å²) in [6, 6.07) is 19.2. The lowest BCUT2D eigenvalue weighted by molar-refractivity contribution is 0.323. The summed E-state index contributed by atoms with van der Waals surface area (Å²) in [5, 5.41) is 4.92. The summed E-state index contributed by atoms with van der Waals surface area (Å²) < 4.78 is 5.54. The van der Waals surface area contributed by atoms with Gasteiger partial charge in [0.1, 0.15) is 11.3 Å². The number of hydrogen-bond acceptors (Lipinski definition) is 4. The van der Waals surface area contributed by atoms with Crippen LogP contribution in [0, 0.1) is 6.92 Å². The minimum Gasteiger partial charge on any atom is -0.494 e. The highest BCUT2D eigenvalue weighted by atomic mass is 16.5. The zero-order valence-electron chi connectivity index (χ0n) is 16.1. The van der Waals surface area contributed by atoms with Gasteiger partial charge < -0.3 is 15.0 Å². The molecule has 1 unspecified atom stereocenters. The molecule has 2 aromatic carbocycles. The van der Waals surface area contributed by atoms with Gasteiger partial charge in [-0.05, 0) is 50.6 Å². The third kappa shape index (κ3) is 3.91. The molecule has 4 rings (SSSR count). The van der Waals surface area contributed by atoms with Crippen molar-refractivity contribution in [1.29, 1.82) is 0 Å². The van der Waals surface area contributed by atoms with Crippen LogP contribution in [0.25, 0.3) is 10.9 Å². The highest BCUT2D eigenvalue weighted by molar-refractivity contribution is 5.95. The van der Waals surface area contributed by atoms with Crippen molar-refractivity contribution in [2.75, 3.05) is 32.1 Å². The Labute approximate surface area is 161 Å². The molecule has 0 aliphatic carbocycles. The average molecular weight is 361 g/mol. The van der Waals surface area contributed by atoms with Crippen LogP contribution in [-0.2, 0) is 0 Å². The number of fused-ring (bicyclic) bond motifs is 1. The Bertz CT molecular complexity index is 904. The minimum atomic E-state index is 0.237. The topological polar surface area (TPSA) is 37.4 Å². The number of ether oxygens (including phenoxy) is 1. The Hall–Kier alpha value is -2.59. The van der Waals surface area contributed by atoms with Gasteiger partial charge >= 0.3 is 0 Å². The molecule has 0 amide bonds. The quantitative estimate of drug-likeness (QED) is 0.684. The zero-order chi connectivity index (χ0) is 18.6. The number of anilines is 1. The van der Waals surface area contributed by atoms with Crippen LogP contribution in [0.1, 0.15) is 30.1 Å². The summed E-state index contributed by atoms with van der Waals surface area (Å²) in [5.41, 5.74) is 4.33. The average Bonchev–Trinajstić information content (AvgIpc) is 3.21. The van der Waals surface area contributed by atoms with E-state index >= 15 is 0 Å². The van der Waals surface area contributed by atoms with Gasteiger partial charge in [-0.2, -0.15) is 0 Å². The first-order valence-electron chi connectivity index (χ1n) is 9.73. The normalized spacial score (nSPS) is 15.8. The van der Waals surface area contributed by atoms with Crippen LogP contribution in [0.2, 0.25) is 0 Å². The highest BCUT2D eigenvalue weighted by Crippen LogP contribution is 2.32. The molecule has 1 saturated heterocycles. The first kappa shape index (κ1) is 17.8. The Morgan fingerprint density at radius 1 is 1.07 bits per heavy atom. The van der Waals surface area contributed by atoms with Gasteiger partial charge in [-0.15, -0.1) is 0 Å². The molecule has 4 nitrogen and oxygen atoms in total. The zero-order valence-corrected chi connectivity index (χ0v) is 16.1. The van der Waals surface area contributed by atoms with Gasteiger partial charge in [0.05, 0.1) is 13.2 Å². The number of hydrogen-bond donors (Lipinski definition) is 1. The van der Waals surface area contributed by atoms with E-state index in [4.69, 9.17) is 9.72 Å². The van der Waals surface area contributed by atoms with E-state index in [0.29, 0.717) is 0 Å². The van der Waals surface area contributed by atoms with E-state index in [0.717, 1.165) is 34.6 Å². The number of aromatic nitrogens is 1. The van der Waals surface area contributed by atoms with Gasteiger partial charge in [-0.1, -0.05) is 42.5 Å². The van der Waals surface area contributed by atoms with Crippen molar-refractivity contribution in [3.05, 3.63) is 65.9 Å². The molecular weight excluding hydrogens is 334 g/mol. The van der Waals surface area contributed by atoms with Crippen LogP contribution < -0.4 is 10.1 Å². The number of rotatable bonds is 6. The fourth-order valence-corrected chi connectivity index (χ4v) is 3.97. The highest BCUT2D eigenvalue weighted by Gasteiger charge is 2.20. The third-order valence-electron chi connectivity index (χ3n) is 5.32. The van der Waals surface area contributed by atoms with Crippen LogP contribution in [0.4, 0.5) is 5.69 Å². The number of pyridine rings is 1. The van der Waals surface area contributed by atoms with Crippen molar-refractivity contribution in [2.45, 2.75) is 25.8 Å². The smallest absolute Gasteiger partial charge is 0.145 e. The summed E-state index contributed by atoms with van der Waals surface area (Å²) in [7, 11) is 1.70. The van der Waals surface area contributed by atoms with Gasteiger partial charge in [0.2, 0.25) is 0 Å².